The molecular weight excluding hydrogens is 290 g/mol. The standard InChI is InChI=1S/C15H18ClN3O2/c1-2-21-9-3-8-17-15(20)12-10-18-19(11-12)14-6-4-13(16)5-7-14/h4-7,10-11H,2-3,8-9H2,1H3,(H,17,20). The number of hydrogen-bond acceptors (Lipinski definition) is 3. The molecule has 1 heterocycles. The van der Waals surface area contributed by atoms with Crippen LogP contribution >= 0.6 is 11.6 Å². The van der Waals surface area contributed by atoms with Gasteiger partial charge >= 0.3 is 0 Å². The number of nitrogens with one attached hydrogen (secondary N) is 1. The molecular formula is C15H18ClN3O2. The van der Waals surface area contributed by atoms with Gasteiger partial charge in [-0.2, -0.15) is 5.10 Å². The second kappa shape index (κ2) is 7.81. The highest BCUT2D eigenvalue weighted by Crippen LogP contribution is 2.13. The van der Waals surface area contributed by atoms with E-state index in [1.54, 1.807) is 29.2 Å². The second-order valence-electron chi connectivity index (χ2n) is 4.46. The van der Waals surface area contributed by atoms with Crippen LogP contribution in [0.15, 0.2) is 36.7 Å². The molecule has 1 aromatic carbocycles. The summed E-state index contributed by atoms with van der Waals surface area (Å²) in [4.78, 5) is 11.9. The Morgan fingerprint density at radius 2 is 2.14 bits per heavy atom. The van der Waals surface area contributed by atoms with Crippen molar-refractivity contribution in [3.8, 4) is 5.69 Å². The summed E-state index contributed by atoms with van der Waals surface area (Å²) < 4.78 is 6.86. The van der Waals surface area contributed by atoms with Crippen LogP contribution in [-0.2, 0) is 4.74 Å². The Labute approximate surface area is 128 Å². The van der Waals surface area contributed by atoms with E-state index in [2.05, 4.69) is 10.4 Å². The Kier molecular flexibility index (Phi) is 5.78. The first-order valence-corrected chi connectivity index (χ1v) is 7.25. The van der Waals surface area contributed by atoms with Gasteiger partial charge in [-0.3, -0.25) is 4.79 Å². The number of amides is 1. The van der Waals surface area contributed by atoms with Gasteiger partial charge in [0.15, 0.2) is 0 Å². The van der Waals surface area contributed by atoms with Crippen molar-refractivity contribution in [1.82, 2.24) is 15.1 Å². The Hall–Kier alpha value is -1.85. The number of carbonyl (C=O) groups is 1. The molecule has 0 bridgehead atoms. The predicted molar refractivity (Wildman–Crippen MR) is 82.0 cm³/mol. The zero-order valence-electron chi connectivity index (χ0n) is 11.9. The number of rotatable bonds is 7. The zero-order chi connectivity index (χ0) is 15.1. The van der Waals surface area contributed by atoms with Gasteiger partial charge in [-0.05, 0) is 37.6 Å². The van der Waals surface area contributed by atoms with Gasteiger partial charge in [0.25, 0.3) is 5.91 Å². The van der Waals surface area contributed by atoms with Crippen molar-refractivity contribution in [2.45, 2.75) is 13.3 Å². The molecule has 0 unspecified atom stereocenters. The molecule has 1 aromatic heterocycles. The maximum atomic E-state index is 11.9. The molecule has 21 heavy (non-hydrogen) atoms. The number of halogens is 1. The quantitative estimate of drug-likeness (QED) is 0.800. The van der Waals surface area contributed by atoms with Crippen LogP contribution in [-0.4, -0.2) is 35.4 Å². The molecule has 112 valence electrons. The van der Waals surface area contributed by atoms with Gasteiger partial charge in [0.05, 0.1) is 17.4 Å². The summed E-state index contributed by atoms with van der Waals surface area (Å²) in [5, 5.41) is 7.69. The molecule has 0 saturated carbocycles. The number of ether oxygens (including phenoxy) is 1. The number of benzene rings is 1. The van der Waals surface area contributed by atoms with E-state index in [0.29, 0.717) is 30.3 Å². The summed E-state index contributed by atoms with van der Waals surface area (Å²) in [5.41, 5.74) is 1.39. The molecule has 0 saturated heterocycles. The number of hydrogen-bond donors (Lipinski definition) is 1. The highest BCUT2D eigenvalue weighted by atomic mass is 35.5. The highest BCUT2D eigenvalue weighted by molar-refractivity contribution is 6.30. The van der Waals surface area contributed by atoms with Gasteiger partial charge < -0.3 is 10.1 Å². The molecule has 0 radical (unpaired) electrons. The first kappa shape index (κ1) is 15.5. The number of aromatic nitrogens is 2. The summed E-state index contributed by atoms with van der Waals surface area (Å²) in [6.45, 7) is 3.89. The number of nitrogens with zero attached hydrogens (tertiary/aromatic N) is 2. The monoisotopic (exact) mass is 307 g/mol. The van der Waals surface area contributed by atoms with Crippen LogP contribution in [0.1, 0.15) is 23.7 Å². The highest BCUT2D eigenvalue weighted by Gasteiger charge is 2.08. The first-order valence-electron chi connectivity index (χ1n) is 6.87. The largest absolute Gasteiger partial charge is 0.382 e. The second-order valence-corrected chi connectivity index (χ2v) is 4.89. The van der Waals surface area contributed by atoms with Crippen LogP contribution in [0.25, 0.3) is 5.69 Å². The zero-order valence-corrected chi connectivity index (χ0v) is 12.6. The lowest BCUT2D eigenvalue weighted by Gasteiger charge is -2.03. The lowest BCUT2D eigenvalue weighted by Crippen LogP contribution is -2.24. The van der Waals surface area contributed by atoms with Gasteiger partial charge in [0.1, 0.15) is 0 Å². The van der Waals surface area contributed by atoms with Gasteiger partial charge in [-0.15, -0.1) is 0 Å². The van der Waals surface area contributed by atoms with Crippen molar-refractivity contribution < 1.29 is 9.53 Å². The van der Waals surface area contributed by atoms with Crippen LogP contribution in [0.4, 0.5) is 0 Å². The summed E-state index contributed by atoms with van der Waals surface area (Å²) in [6.07, 6.45) is 4.04. The Morgan fingerprint density at radius 1 is 1.38 bits per heavy atom. The third-order valence-corrected chi connectivity index (χ3v) is 3.14. The van der Waals surface area contributed by atoms with E-state index >= 15 is 0 Å². The molecule has 2 rings (SSSR count). The van der Waals surface area contributed by atoms with Crippen molar-refractivity contribution in [1.29, 1.82) is 0 Å². The van der Waals surface area contributed by atoms with E-state index in [9.17, 15) is 4.79 Å². The van der Waals surface area contributed by atoms with E-state index < -0.39 is 0 Å². The first-order chi connectivity index (χ1) is 10.2. The third-order valence-electron chi connectivity index (χ3n) is 2.89. The smallest absolute Gasteiger partial charge is 0.254 e. The minimum atomic E-state index is -0.133. The molecule has 0 fully saturated rings. The molecule has 1 amide bonds. The summed E-state index contributed by atoms with van der Waals surface area (Å²) in [7, 11) is 0. The Morgan fingerprint density at radius 3 is 2.86 bits per heavy atom. The van der Waals surface area contributed by atoms with Crippen LogP contribution in [0, 0.1) is 0 Å². The van der Waals surface area contributed by atoms with E-state index in [1.165, 1.54) is 0 Å². The molecule has 0 aliphatic heterocycles. The van der Waals surface area contributed by atoms with Crippen LogP contribution in [0.3, 0.4) is 0 Å². The van der Waals surface area contributed by atoms with Gasteiger partial charge in [-0.1, -0.05) is 11.6 Å². The molecule has 0 aliphatic carbocycles. The minimum Gasteiger partial charge on any atom is -0.382 e. The fourth-order valence-electron chi connectivity index (χ4n) is 1.80. The molecule has 1 N–H and O–H groups in total. The topological polar surface area (TPSA) is 56.1 Å². The van der Waals surface area contributed by atoms with Crippen molar-refractivity contribution in [2.24, 2.45) is 0 Å². The van der Waals surface area contributed by atoms with Crippen molar-refractivity contribution >= 4 is 17.5 Å². The summed E-state index contributed by atoms with van der Waals surface area (Å²) in [5.74, 6) is -0.133. The fourth-order valence-corrected chi connectivity index (χ4v) is 1.92. The number of carbonyl (C=O) groups excluding carboxylic acids is 1. The summed E-state index contributed by atoms with van der Waals surface area (Å²) >= 11 is 5.84. The van der Waals surface area contributed by atoms with Crippen molar-refractivity contribution in [3.63, 3.8) is 0 Å². The van der Waals surface area contributed by atoms with E-state index in [0.717, 1.165) is 12.1 Å². The average molecular weight is 308 g/mol. The lowest BCUT2D eigenvalue weighted by molar-refractivity contribution is 0.0944. The van der Waals surface area contributed by atoms with Crippen molar-refractivity contribution in [2.75, 3.05) is 19.8 Å². The van der Waals surface area contributed by atoms with E-state index in [-0.39, 0.29) is 5.91 Å². The molecule has 6 heteroatoms. The predicted octanol–water partition coefficient (Wildman–Crippen LogP) is 2.68. The van der Waals surface area contributed by atoms with E-state index in [4.69, 9.17) is 16.3 Å². The van der Waals surface area contributed by atoms with Gasteiger partial charge in [0.2, 0.25) is 0 Å². The lowest BCUT2D eigenvalue weighted by atomic mass is 10.3. The SMILES string of the molecule is CCOCCCNC(=O)c1cnn(-c2ccc(Cl)cc2)c1. The molecule has 0 aliphatic rings. The van der Waals surface area contributed by atoms with Crippen LogP contribution in [0.2, 0.25) is 5.02 Å². The van der Waals surface area contributed by atoms with Gasteiger partial charge in [-0.25, -0.2) is 4.68 Å². The third kappa shape index (κ3) is 4.58. The Balaban J connectivity index is 1.90. The van der Waals surface area contributed by atoms with Crippen molar-refractivity contribution in [3.05, 3.63) is 47.2 Å². The van der Waals surface area contributed by atoms with E-state index in [1.807, 2.05) is 19.1 Å². The molecule has 0 atom stereocenters. The molecule has 5 nitrogen and oxygen atoms in total. The average Bonchev–Trinajstić information content (AvgIpc) is 2.97. The normalized spacial score (nSPS) is 10.6. The van der Waals surface area contributed by atoms with Crippen LogP contribution < -0.4 is 5.32 Å². The minimum absolute atomic E-state index is 0.133. The fraction of sp³-hybridized carbons (Fsp3) is 0.333. The summed E-state index contributed by atoms with van der Waals surface area (Å²) in [6, 6.07) is 7.26. The van der Waals surface area contributed by atoms with Gasteiger partial charge in [0, 0.05) is 31.0 Å². The Bertz CT molecular complexity index is 581. The maximum absolute atomic E-state index is 11.9. The maximum Gasteiger partial charge on any atom is 0.254 e. The molecule has 2 aromatic rings. The molecule has 0 spiro atoms. The van der Waals surface area contributed by atoms with Crippen LogP contribution in [0.5, 0.6) is 0 Å².